The summed E-state index contributed by atoms with van der Waals surface area (Å²) in [6.45, 7) is 12.4. The quantitative estimate of drug-likeness (QED) is 0.284. The molecule has 0 amide bonds. The number of carbonyl (C=O) groups excluding carboxylic acids is 1. The molecule has 0 saturated carbocycles. The standard InChI is InChI=1S/C23H29NO2Si/c1-17-22(15-25)23(18(2)24(17)16-26-13-14-27(3,4)5)21-12-8-10-19-9-6-7-11-20(19)21/h6-12,15H,13-14,16H2,1-5H3. The van der Waals surface area contributed by atoms with E-state index in [1.54, 1.807) is 0 Å². The molecule has 0 spiro atoms. The van der Waals surface area contributed by atoms with Crippen molar-refractivity contribution >= 4 is 25.1 Å². The Labute approximate surface area is 163 Å². The molecule has 0 unspecified atom stereocenters. The minimum absolute atomic E-state index is 0.494. The maximum absolute atomic E-state index is 11.9. The van der Waals surface area contributed by atoms with Gasteiger partial charge in [0.25, 0.3) is 0 Å². The molecule has 0 fully saturated rings. The number of rotatable bonds is 7. The van der Waals surface area contributed by atoms with Gasteiger partial charge in [-0.25, -0.2) is 0 Å². The van der Waals surface area contributed by atoms with Crippen LogP contribution < -0.4 is 0 Å². The van der Waals surface area contributed by atoms with Crippen LogP contribution in [-0.2, 0) is 11.5 Å². The Morgan fingerprint density at radius 2 is 1.70 bits per heavy atom. The first kappa shape index (κ1) is 19.6. The van der Waals surface area contributed by atoms with Gasteiger partial charge in [-0.1, -0.05) is 62.1 Å². The predicted octanol–water partition coefficient (Wildman–Crippen LogP) is 6.05. The zero-order valence-electron chi connectivity index (χ0n) is 17.0. The van der Waals surface area contributed by atoms with Crippen LogP contribution in [0.2, 0.25) is 25.7 Å². The molecule has 0 aliphatic carbocycles. The summed E-state index contributed by atoms with van der Waals surface area (Å²) in [4.78, 5) is 11.9. The van der Waals surface area contributed by atoms with Gasteiger partial charge in [-0.15, -0.1) is 0 Å². The molecule has 2 aromatic carbocycles. The Kier molecular flexibility index (Phi) is 5.68. The molecule has 3 rings (SSSR count). The van der Waals surface area contributed by atoms with Crippen LogP contribution in [-0.4, -0.2) is 25.5 Å². The maximum atomic E-state index is 11.9. The number of hydrogen-bond acceptors (Lipinski definition) is 2. The second-order valence-corrected chi connectivity index (χ2v) is 14.0. The second kappa shape index (κ2) is 7.83. The largest absolute Gasteiger partial charge is 0.361 e. The predicted molar refractivity (Wildman–Crippen MR) is 116 cm³/mol. The third kappa shape index (κ3) is 4.07. The van der Waals surface area contributed by atoms with Crippen molar-refractivity contribution in [3.8, 4) is 11.1 Å². The Morgan fingerprint density at radius 3 is 2.41 bits per heavy atom. The number of carbonyl (C=O) groups is 1. The Balaban J connectivity index is 2.00. The molecule has 0 aliphatic heterocycles. The van der Waals surface area contributed by atoms with Crippen LogP contribution in [0.15, 0.2) is 42.5 Å². The van der Waals surface area contributed by atoms with Crippen LogP contribution in [0.1, 0.15) is 21.7 Å². The van der Waals surface area contributed by atoms with E-state index in [-0.39, 0.29) is 0 Å². The van der Waals surface area contributed by atoms with Gasteiger partial charge in [0.2, 0.25) is 0 Å². The third-order valence-electron chi connectivity index (χ3n) is 5.22. The molecular formula is C23H29NO2Si. The summed E-state index contributed by atoms with van der Waals surface area (Å²) in [5.74, 6) is 0. The fourth-order valence-corrected chi connectivity index (χ4v) is 4.32. The highest BCUT2D eigenvalue weighted by Crippen LogP contribution is 2.36. The molecule has 1 aromatic heterocycles. The summed E-state index contributed by atoms with van der Waals surface area (Å²) in [7, 11) is -1.11. The summed E-state index contributed by atoms with van der Waals surface area (Å²) < 4.78 is 8.11. The topological polar surface area (TPSA) is 31.2 Å². The van der Waals surface area contributed by atoms with Crippen LogP contribution in [0, 0.1) is 13.8 Å². The first-order valence-corrected chi connectivity index (χ1v) is 13.2. The van der Waals surface area contributed by atoms with Gasteiger partial charge in [0.1, 0.15) is 6.73 Å². The highest BCUT2D eigenvalue weighted by Gasteiger charge is 2.20. The average Bonchev–Trinajstić information content (AvgIpc) is 2.87. The molecule has 0 saturated heterocycles. The van der Waals surface area contributed by atoms with E-state index in [4.69, 9.17) is 4.74 Å². The number of aromatic nitrogens is 1. The van der Waals surface area contributed by atoms with Crippen molar-refractivity contribution in [3.05, 3.63) is 59.4 Å². The molecule has 0 aliphatic rings. The fourth-order valence-electron chi connectivity index (χ4n) is 3.56. The number of fused-ring (bicyclic) bond motifs is 1. The van der Waals surface area contributed by atoms with Gasteiger partial charge >= 0.3 is 0 Å². The summed E-state index contributed by atoms with van der Waals surface area (Å²) in [5, 5.41) is 2.35. The van der Waals surface area contributed by atoms with Gasteiger partial charge in [-0.05, 0) is 36.2 Å². The van der Waals surface area contributed by atoms with E-state index in [2.05, 4.69) is 61.5 Å². The van der Waals surface area contributed by atoms with Crippen LogP contribution in [0.3, 0.4) is 0 Å². The van der Waals surface area contributed by atoms with Gasteiger partial charge in [-0.2, -0.15) is 0 Å². The monoisotopic (exact) mass is 379 g/mol. The van der Waals surface area contributed by atoms with Crippen molar-refractivity contribution < 1.29 is 9.53 Å². The van der Waals surface area contributed by atoms with Crippen molar-refractivity contribution in [2.24, 2.45) is 0 Å². The number of hydrogen-bond donors (Lipinski definition) is 0. The molecular weight excluding hydrogens is 350 g/mol. The lowest BCUT2D eigenvalue weighted by Gasteiger charge is -2.16. The molecule has 0 radical (unpaired) electrons. The SMILES string of the molecule is Cc1c(C=O)c(-c2cccc3ccccc23)c(C)n1COCC[Si](C)(C)C. The lowest BCUT2D eigenvalue weighted by molar-refractivity contribution is 0.0848. The summed E-state index contributed by atoms with van der Waals surface area (Å²) in [6.07, 6.45) is 0.984. The summed E-state index contributed by atoms with van der Waals surface area (Å²) in [6, 6.07) is 15.7. The molecule has 3 nitrogen and oxygen atoms in total. The molecule has 0 bridgehead atoms. The lowest BCUT2D eigenvalue weighted by Crippen LogP contribution is -2.22. The first-order valence-electron chi connectivity index (χ1n) is 9.54. The fraction of sp³-hybridized carbons (Fsp3) is 0.348. The van der Waals surface area contributed by atoms with Crippen LogP contribution in [0.5, 0.6) is 0 Å². The Hall–Kier alpha value is -2.17. The normalized spacial score (nSPS) is 11.9. The van der Waals surface area contributed by atoms with E-state index in [1.807, 2.05) is 19.1 Å². The van der Waals surface area contributed by atoms with Crippen molar-refractivity contribution in [2.75, 3.05) is 6.61 Å². The van der Waals surface area contributed by atoms with Crippen LogP contribution in [0.25, 0.3) is 21.9 Å². The van der Waals surface area contributed by atoms with E-state index >= 15 is 0 Å². The van der Waals surface area contributed by atoms with Gasteiger partial charge in [0.15, 0.2) is 6.29 Å². The smallest absolute Gasteiger partial charge is 0.152 e. The highest BCUT2D eigenvalue weighted by atomic mass is 28.3. The highest BCUT2D eigenvalue weighted by molar-refractivity contribution is 6.76. The summed E-state index contributed by atoms with van der Waals surface area (Å²) >= 11 is 0. The van der Waals surface area contributed by atoms with Gasteiger partial charge in [0.05, 0.1) is 0 Å². The van der Waals surface area contributed by atoms with Gasteiger partial charge in [0, 0.05) is 37.2 Å². The van der Waals surface area contributed by atoms with Gasteiger partial charge in [-0.3, -0.25) is 4.79 Å². The first-order chi connectivity index (χ1) is 12.8. The minimum Gasteiger partial charge on any atom is -0.361 e. The van der Waals surface area contributed by atoms with Crippen molar-refractivity contribution in [2.45, 2.75) is 46.3 Å². The number of aldehydes is 1. The molecule has 3 aromatic rings. The number of benzene rings is 2. The Morgan fingerprint density at radius 1 is 1.00 bits per heavy atom. The van der Waals surface area contributed by atoms with E-state index in [0.29, 0.717) is 6.73 Å². The minimum atomic E-state index is -1.11. The molecule has 1 heterocycles. The van der Waals surface area contributed by atoms with Crippen molar-refractivity contribution in [1.29, 1.82) is 0 Å². The number of ether oxygens (including phenoxy) is 1. The molecule has 0 N–H and O–H groups in total. The Bertz CT molecular complexity index is 961. The molecule has 27 heavy (non-hydrogen) atoms. The van der Waals surface area contributed by atoms with E-state index in [9.17, 15) is 4.79 Å². The lowest BCUT2D eigenvalue weighted by atomic mass is 9.95. The van der Waals surface area contributed by atoms with E-state index < -0.39 is 8.07 Å². The van der Waals surface area contributed by atoms with Crippen LogP contribution in [0.4, 0.5) is 0 Å². The molecule has 4 heteroatoms. The van der Waals surface area contributed by atoms with E-state index in [1.165, 1.54) is 10.8 Å². The second-order valence-electron chi connectivity index (χ2n) is 8.38. The van der Waals surface area contributed by atoms with E-state index in [0.717, 1.165) is 47.0 Å². The van der Waals surface area contributed by atoms with Crippen molar-refractivity contribution in [3.63, 3.8) is 0 Å². The third-order valence-corrected chi connectivity index (χ3v) is 6.93. The zero-order valence-corrected chi connectivity index (χ0v) is 18.0. The molecule has 142 valence electrons. The maximum Gasteiger partial charge on any atom is 0.152 e. The van der Waals surface area contributed by atoms with Gasteiger partial charge < -0.3 is 9.30 Å². The average molecular weight is 380 g/mol. The molecule has 0 atom stereocenters. The zero-order chi connectivity index (χ0) is 19.6. The van der Waals surface area contributed by atoms with Crippen molar-refractivity contribution in [1.82, 2.24) is 4.57 Å². The van der Waals surface area contributed by atoms with Crippen LogP contribution >= 0.6 is 0 Å². The number of nitrogens with zero attached hydrogens (tertiary/aromatic N) is 1. The summed E-state index contributed by atoms with van der Waals surface area (Å²) in [5.41, 5.74) is 4.94.